The molecule has 4 nitrogen and oxygen atoms in total. The zero-order chi connectivity index (χ0) is 13.9. The lowest BCUT2D eigenvalue weighted by Crippen LogP contribution is -2.29. The lowest BCUT2D eigenvalue weighted by molar-refractivity contribution is -0.125. The summed E-state index contributed by atoms with van der Waals surface area (Å²) in [5, 5.41) is 2.37. The van der Waals surface area contributed by atoms with Gasteiger partial charge in [0.15, 0.2) is 0 Å². The smallest absolute Gasteiger partial charge is 0.327 e. The lowest BCUT2D eigenvalue weighted by atomic mass is 10.4. The summed E-state index contributed by atoms with van der Waals surface area (Å²) in [6.07, 6.45) is -0.0406. The fourth-order valence-electron chi connectivity index (χ4n) is 1.96. The van der Waals surface area contributed by atoms with E-state index >= 15 is 0 Å². The summed E-state index contributed by atoms with van der Waals surface area (Å²) < 4.78 is 38.3. The first-order valence-electron chi connectivity index (χ1n) is 6.08. The van der Waals surface area contributed by atoms with Gasteiger partial charge in [0.05, 0.1) is 24.8 Å². The van der Waals surface area contributed by atoms with Gasteiger partial charge >= 0.3 is 6.18 Å². The molecule has 0 saturated heterocycles. The maximum Gasteiger partial charge on any atom is 0.401 e. The molecule has 2 rings (SSSR count). The third kappa shape index (κ3) is 3.44. The number of imidazole rings is 1. The molecule has 0 fully saturated rings. The van der Waals surface area contributed by atoms with Crippen molar-refractivity contribution in [2.45, 2.75) is 32.6 Å². The standard InChI is InChI=1S/C12H15F3N4/c1-2-5-19-10-3-4-16-6-9(10)18-11(19)7-17-8-12(13,14)15/h3-4,6,17H,2,5,7-8H2,1H3. The minimum atomic E-state index is -4.21. The molecule has 0 aromatic carbocycles. The van der Waals surface area contributed by atoms with Gasteiger partial charge < -0.3 is 9.88 Å². The Bertz CT molecular complexity index is 547. The molecule has 0 aliphatic heterocycles. The van der Waals surface area contributed by atoms with Gasteiger partial charge in [-0.05, 0) is 12.5 Å². The highest BCUT2D eigenvalue weighted by Gasteiger charge is 2.26. The maximum atomic E-state index is 12.1. The topological polar surface area (TPSA) is 42.7 Å². The van der Waals surface area contributed by atoms with Crippen LogP contribution in [-0.4, -0.2) is 27.3 Å². The van der Waals surface area contributed by atoms with Crippen molar-refractivity contribution in [1.29, 1.82) is 0 Å². The quantitative estimate of drug-likeness (QED) is 0.909. The molecule has 0 radical (unpaired) electrons. The van der Waals surface area contributed by atoms with Crippen LogP contribution in [0.3, 0.4) is 0 Å². The third-order valence-electron chi connectivity index (χ3n) is 2.69. The Labute approximate surface area is 108 Å². The molecule has 2 aromatic heterocycles. The molecule has 104 valence electrons. The molecule has 0 aliphatic carbocycles. The number of aromatic nitrogens is 3. The lowest BCUT2D eigenvalue weighted by Gasteiger charge is -2.10. The Morgan fingerprint density at radius 3 is 2.84 bits per heavy atom. The summed E-state index contributed by atoms with van der Waals surface area (Å²) in [6, 6.07) is 1.82. The van der Waals surface area contributed by atoms with E-state index in [1.54, 1.807) is 12.4 Å². The minimum Gasteiger partial charge on any atom is -0.327 e. The van der Waals surface area contributed by atoms with Crippen molar-refractivity contribution in [3.05, 3.63) is 24.3 Å². The molecule has 0 unspecified atom stereocenters. The Morgan fingerprint density at radius 1 is 1.37 bits per heavy atom. The van der Waals surface area contributed by atoms with E-state index in [0.717, 1.165) is 18.5 Å². The number of hydrogen-bond acceptors (Lipinski definition) is 3. The van der Waals surface area contributed by atoms with Gasteiger partial charge in [0, 0.05) is 12.7 Å². The summed E-state index contributed by atoms with van der Waals surface area (Å²) in [5.41, 5.74) is 1.61. The van der Waals surface area contributed by atoms with Crippen molar-refractivity contribution in [2.24, 2.45) is 0 Å². The van der Waals surface area contributed by atoms with Crippen molar-refractivity contribution in [2.75, 3.05) is 6.54 Å². The van der Waals surface area contributed by atoms with E-state index in [0.29, 0.717) is 11.3 Å². The molecule has 0 bridgehead atoms. The van der Waals surface area contributed by atoms with Gasteiger partial charge in [-0.25, -0.2) is 4.98 Å². The van der Waals surface area contributed by atoms with E-state index < -0.39 is 12.7 Å². The van der Waals surface area contributed by atoms with Gasteiger partial charge in [0.1, 0.15) is 11.3 Å². The Morgan fingerprint density at radius 2 is 2.16 bits per heavy atom. The summed E-state index contributed by atoms with van der Waals surface area (Å²) >= 11 is 0. The highest BCUT2D eigenvalue weighted by molar-refractivity contribution is 5.74. The average Bonchev–Trinajstić information content (AvgIpc) is 2.67. The van der Waals surface area contributed by atoms with E-state index in [1.165, 1.54) is 0 Å². The highest BCUT2D eigenvalue weighted by atomic mass is 19.4. The second-order valence-electron chi connectivity index (χ2n) is 4.26. The largest absolute Gasteiger partial charge is 0.401 e. The number of hydrogen-bond donors (Lipinski definition) is 1. The van der Waals surface area contributed by atoms with Crippen LogP contribution in [0, 0.1) is 0 Å². The van der Waals surface area contributed by atoms with Crippen molar-refractivity contribution < 1.29 is 13.2 Å². The maximum absolute atomic E-state index is 12.1. The van der Waals surface area contributed by atoms with E-state index in [1.807, 2.05) is 17.6 Å². The number of pyridine rings is 1. The van der Waals surface area contributed by atoms with Crippen LogP contribution in [-0.2, 0) is 13.1 Å². The molecular weight excluding hydrogens is 257 g/mol. The van der Waals surface area contributed by atoms with Crippen LogP contribution in [0.4, 0.5) is 13.2 Å². The molecule has 19 heavy (non-hydrogen) atoms. The van der Waals surface area contributed by atoms with Crippen molar-refractivity contribution in [3.63, 3.8) is 0 Å². The first-order chi connectivity index (χ1) is 9.01. The monoisotopic (exact) mass is 272 g/mol. The zero-order valence-corrected chi connectivity index (χ0v) is 10.5. The summed E-state index contributed by atoms with van der Waals surface area (Å²) in [7, 11) is 0. The van der Waals surface area contributed by atoms with Crippen LogP contribution >= 0.6 is 0 Å². The normalized spacial score (nSPS) is 12.2. The van der Waals surface area contributed by atoms with Crippen molar-refractivity contribution in [3.8, 4) is 0 Å². The molecule has 0 aliphatic rings. The number of rotatable bonds is 5. The zero-order valence-electron chi connectivity index (χ0n) is 10.5. The first kappa shape index (κ1) is 13.8. The van der Waals surface area contributed by atoms with E-state index in [9.17, 15) is 13.2 Å². The fraction of sp³-hybridized carbons (Fsp3) is 0.500. The first-order valence-corrected chi connectivity index (χ1v) is 6.08. The second-order valence-corrected chi connectivity index (χ2v) is 4.26. The van der Waals surface area contributed by atoms with E-state index in [4.69, 9.17) is 0 Å². The van der Waals surface area contributed by atoms with Gasteiger partial charge in [-0.3, -0.25) is 4.98 Å². The summed E-state index contributed by atoms with van der Waals surface area (Å²) in [6.45, 7) is 1.82. The molecule has 0 saturated carbocycles. The van der Waals surface area contributed by atoms with Crippen LogP contribution in [0.15, 0.2) is 18.5 Å². The predicted octanol–water partition coefficient (Wildman–Crippen LogP) is 2.49. The molecule has 0 atom stereocenters. The van der Waals surface area contributed by atoms with E-state index in [2.05, 4.69) is 15.3 Å². The minimum absolute atomic E-state index is 0.0915. The van der Waals surface area contributed by atoms with Gasteiger partial charge in [0.2, 0.25) is 0 Å². The van der Waals surface area contributed by atoms with Crippen LogP contribution in [0.5, 0.6) is 0 Å². The molecular formula is C12H15F3N4. The highest BCUT2D eigenvalue weighted by Crippen LogP contribution is 2.16. The molecule has 2 aromatic rings. The Balaban J connectivity index is 2.19. The number of nitrogens with one attached hydrogen (secondary N) is 1. The van der Waals surface area contributed by atoms with Crippen LogP contribution < -0.4 is 5.32 Å². The Hall–Kier alpha value is -1.63. The third-order valence-corrected chi connectivity index (χ3v) is 2.69. The molecule has 2 heterocycles. The second kappa shape index (κ2) is 5.56. The van der Waals surface area contributed by atoms with Gasteiger partial charge in [0.25, 0.3) is 0 Å². The number of nitrogens with zero attached hydrogens (tertiary/aromatic N) is 3. The van der Waals surface area contributed by atoms with Crippen LogP contribution in [0.1, 0.15) is 19.2 Å². The SMILES string of the molecule is CCCn1c(CNCC(F)(F)F)nc2cnccc21. The molecule has 0 spiro atoms. The number of aryl methyl sites for hydroxylation is 1. The fourth-order valence-corrected chi connectivity index (χ4v) is 1.96. The van der Waals surface area contributed by atoms with Crippen LogP contribution in [0.25, 0.3) is 11.0 Å². The van der Waals surface area contributed by atoms with Crippen molar-refractivity contribution >= 4 is 11.0 Å². The van der Waals surface area contributed by atoms with Gasteiger partial charge in [-0.1, -0.05) is 6.92 Å². The van der Waals surface area contributed by atoms with Crippen LogP contribution in [0.2, 0.25) is 0 Å². The number of alkyl halides is 3. The average molecular weight is 272 g/mol. The summed E-state index contributed by atoms with van der Waals surface area (Å²) in [5.74, 6) is 0.606. The molecule has 7 heteroatoms. The molecule has 1 N–H and O–H groups in total. The molecule has 0 amide bonds. The Kier molecular flexibility index (Phi) is 4.04. The van der Waals surface area contributed by atoms with Crippen molar-refractivity contribution in [1.82, 2.24) is 19.9 Å². The summed E-state index contributed by atoms with van der Waals surface area (Å²) in [4.78, 5) is 8.29. The predicted molar refractivity (Wildman–Crippen MR) is 65.6 cm³/mol. The van der Waals surface area contributed by atoms with Gasteiger partial charge in [-0.2, -0.15) is 13.2 Å². The number of fused-ring (bicyclic) bond motifs is 1. The van der Waals surface area contributed by atoms with Gasteiger partial charge in [-0.15, -0.1) is 0 Å². The number of halogens is 3. The van der Waals surface area contributed by atoms with E-state index in [-0.39, 0.29) is 6.54 Å².